The van der Waals surface area contributed by atoms with E-state index in [1.54, 1.807) is 0 Å². The highest BCUT2D eigenvalue weighted by Gasteiger charge is 2.36. The molecule has 2 aromatic rings. The Labute approximate surface area is 184 Å². The van der Waals surface area contributed by atoms with E-state index in [9.17, 15) is 4.79 Å². The molecule has 0 radical (unpaired) electrons. The summed E-state index contributed by atoms with van der Waals surface area (Å²) < 4.78 is 6.14. The second kappa shape index (κ2) is 8.60. The molecule has 1 atom stereocenters. The lowest BCUT2D eigenvalue weighted by Crippen LogP contribution is -2.45. The summed E-state index contributed by atoms with van der Waals surface area (Å²) in [6, 6.07) is 14.3. The van der Waals surface area contributed by atoms with Gasteiger partial charge in [-0.2, -0.15) is 0 Å². The topological polar surface area (TPSA) is 41.6 Å². The van der Waals surface area contributed by atoms with E-state index in [2.05, 4.69) is 49.2 Å². The number of carbonyl (C=O) groups is 1. The van der Waals surface area contributed by atoms with Crippen LogP contribution >= 0.6 is 11.6 Å². The fourth-order valence-electron chi connectivity index (χ4n) is 4.64. The maximum absolute atomic E-state index is 13.1. The molecule has 160 valence electrons. The number of carbonyl (C=O) groups excluding carboxylic acids is 1. The van der Waals surface area contributed by atoms with Gasteiger partial charge in [0.1, 0.15) is 11.4 Å². The van der Waals surface area contributed by atoms with Crippen LogP contribution in [-0.4, -0.2) is 29.5 Å². The number of hydrogen-bond acceptors (Lipinski definition) is 3. The van der Waals surface area contributed by atoms with Crippen molar-refractivity contribution in [2.24, 2.45) is 5.92 Å². The molecule has 2 aromatic carbocycles. The third-order valence-corrected chi connectivity index (χ3v) is 6.43. The molecule has 0 aliphatic carbocycles. The monoisotopic (exact) mass is 426 g/mol. The van der Waals surface area contributed by atoms with Crippen molar-refractivity contribution in [3.05, 3.63) is 64.2 Å². The highest BCUT2D eigenvalue weighted by atomic mass is 35.5. The van der Waals surface area contributed by atoms with Gasteiger partial charge >= 0.3 is 0 Å². The van der Waals surface area contributed by atoms with E-state index < -0.39 is 0 Å². The van der Waals surface area contributed by atoms with Crippen LogP contribution in [0.4, 0.5) is 0 Å². The molecular formula is C25H31ClN2O2. The number of piperidine rings is 1. The zero-order chi connectivity index (χ0) is 21.3. The maximum atomic E-state index is 13.1. The Morgan fingerprint density at radius 3 is 2.70 bits per heavy atom. The van der Waals surface area contributed by atoms with Crippen molar-refractivity contribution >= 4 is 17.5 Å². The zero-order valence-corrected chi connectivity index (χ0v) is 18.8. The molecule has 1 fully saturated rings. The number of hydrogen-bond donors (Lipinski definition) is 1. The van der Waals surface area contributed by atoms with Gasteiger partial charge in [0.2, 0.25) is 5.91 Å². The van der Waals surface area contributed by atoms with Gasteiger partial charge in [0.25, 0.3) is 0 Å². The molecule has 2 aliphatic rings. The number of amides is 1. The van der Waals surface area contributed by atoms with Crippen molar-refractivity contribution in [3.8, 4) is 5.75 Å². The van der Waals surface area contributed by atoms with Crippen LogP contribution in [0.5, 0.6) is 5.75 Å². The van der Waals surface area contributed by atoms with Gasteiger partial charge in [-0.05, 0) is 70.5 Å². The highest BCUT2D eigenvalue weighted by Crippen LogP contribution is 2.40. The molecule has 2 heterocycles. The van der Waals surface area contributed by atoms with Crippen molar-refractivity contribution in [2.45, 2.75) is 58.2 Å². The summed E-state index contributed by atoms with van der Waals surface area (Å²) >= 11 is 6.11. The predicted octanol–water partition coefficient (Wildman–Crippen LogP) is 5.28. The van der Waals surface area contributed by atoms with Crippen molar-refractivity contribution in [2.75, 3.05) is 13.1 Å². The molecule has 2 aliphatic heterocycles. The van der Waals surface area contributed by atoms with Gasteiger partial charge in [-0.1, -0.05) is 41.4 Å². The smallest absolute Gasteiger partial charge is 0.223 e. The van der Waals surface area contributed by atoms with E-state index in [-0.39, 0.29) is 23.5 Å². The molecule has 1 amide bonds. The van der Waals surface area contributed by atoms with Gasteiger partial charge < -0.3 is 10.1 Å². The molecule has 1 saturated heterocycles. The number of halogens is 1. The van der Waals surface area contributed by atoms with Crippen LogP contribution < -0.4 is 10.1 Å². The molecule has 0 aromatic heterocycles. The third kappa shape index (κ3) is 4.98. The number of nitrogens with zero attached hydrogens (tertiary/aromatic N) is 1. The van der Waals surface area contributed by atoms with Crippen LogP contribution in [-0.2, 0) is 11.3 Å². The van der Waals surface area contributed by atoms with E-state index in [0.717, 1.165) is 55.2 Å². The van der Waals surface area contributed by atoms with Crippen molar-refractivity contribution in [1.29, 1.82) is 0 Å². The van der Waals surface area contributed by atoms with Crippen LogP contribution in [0.15, 0.2) is 42.5 Å². The first-order valence-corrected chi connectivity index (χ1v) is 11.2. The summed E-state index contributed by atoms with van der Waals surface area (Å²) in [6.07, 6.45) is 2.56. The van der Waals surface area contributed by atoms with E-state index >= 15 is 0 Å². The first kappa shape index (κ1) is 21.2. The maximum Gasteiger partial charge on any atom is 0.223 e. The number of likely N-dealkylation sites (tertiary alicyclic amines) is 1. The minimum absolute atomic E-state index is 0.000593. The SMILES string of the molecule is Cc1ccc2c(c1)[C@H](NC(=O)C1CCN(Cc3cccc(Cl)c3)CC1)CC(C)(C)O2. The molecule has 1 N–H and O–H groups in total. The van der Waals surface area contributed by atoms with Gasteiger partial charge in [-0.3, -0.25) is 9.69 Å². The van der Waals surface area contributed by atoms with E-state index in [0.29, 0.717) is 0 Å². The van der Waals surface area contributed by atoms with Gasteiger partial charge in [-0.25, -0.2) is 0 Å². The van der Waals surface area contributed by atoms with Crippen molar-refractivity contribution < 1.29 is 9.53 Å². The summed E-state index contributed by atoms with van der Waals surface area (Å²) in [5.41, 5.74) is 3.22. The Morgan fingerprint density at radius 2 is 1.97 bits per heavy atom. The number of fused-ring (bicyclic) bond motifs is 1. The minimum Gasteiger partial charge on any atom is -0.487 e. The Kier molecular flexibility index (Phi) is 6.08. The lowest BCUT2D eigenvalue weighted by atomic mass is 9.88. The Balaban J connectivity index is 1.36. The van der Waals surface area contributed by atoms with Crippen LogP contribution in [0, 0.1) is 12.8 Å². The fourth-order valence-corrected chi connectivity index (χ4v) is 4.85. The van der Waals surface area contributed by atoms with Crippen LogP contribution in [0.3, 0.4) is 0 Å². The summed E-state index contributed by atoms with van der Waals surface area (Å²) in [6.45, 7) is 9.00. The van der Waals surface area contributed by atoms with Gasteiger partial charge in [0, 0.05) is 29.5 Å². The first-order valence-electron chi connectivity index (χ1n) is 10.9. The molecule has 0 spiro atoms. The quantitative estimate of drug-likeness (QED) is 0.723. The molecule has 0 saturated carbocycles. The summed E-state index contributed by atoms with van der Waals surface area (Å²) in [5.74, 6) is 1.13. The number of benzene rings is 2. The van der Waals surface area contributed by atoms with Gasteiger partial charge in [-0.15, -0.1) is 0 Å². The molecule has 4 nitrogen and oxygen atoms in total. The van der Waals surface area contributed by atoms with Crippen LogP contribution in [0.2, 0.25) is 5.02 Å². The van der Waals surface area contributed by atoms with Crippen molar-refractivity contribution in [3.63, 3.8) is 0 Å². The largest absolute Gasteiger partial charge is 0.487 e. The Morgan fingerprint density at radius 1 is 1.20 bits per heavy atom. The first-order chi connectivity index (χ1) is 14.3. The highest BCUT2D eigenvalue weighted by molar-refractivity contribution is 6.30. The number of ether oxygens (including phenoxy) is 1. The molecule has 0 bridgehead atoms. The Bertz CT molecular complexity index is 919. The average molecular weight is 427 g/mol. The molecule has 0 unspecified atom stereocenters. The second-order valence-corrected chi connectivity index (χ2v) is 9.79. The summed E-state index contributed by atoms with van der Waals surface area (Å²) in [7, 11) is 0. The minimum atomic E-state index is -0.291. The standard InChI is InChI=1S/C25H31ClN2O2/c1-17-7-8-23-21(13-17)22(15-25(2,3)30-23)27-24(29)19-9-11-28(12-10-19)16-18-5-4-6-20(26)14-18/h4-8,13-14,19,22H,9-12,15-16H2,1-3H3,(H,27,29)/t22-/m1/s1. The number of nitrogens with one attached hydrogen (secondary N) is 1. The van der Waals surface area contributed by atoms with E-state index in [1.165, 1.54) is 11.1 Å². The normalized spacial score (nSPS) is 21.5. The van der Waals surface area contributed by atoms with Gasteiger partial charge in [0.15, 0.2) is 0 Å². The Hall–Kier alpha value is -2.04. The molecule has 5 heteroatoms. The predicted molar refractivity (Wildman–Crippen MR) is 121 cm³/mol. The average Bonchev–Trinajstić information content (AvgIpc) is 2.68. The van der Waals surface area contributed by atoms with Crippen LogP contribution in [0.25, 0.3) is 0 Å². The zero-order valence-electron chi connectivity index (χ0n) is 18.1. The number of aryl methyl sites for hydroxylation is 1. The number of rotatable bonds is 4. The lowest BCUT2D eigenvalue weighted by Gasteiger charge is -2.39. The van der Waals surface area contributed by atoms with Gasteiger partial charge in [0.05, 0.1) is 6.04 Å². The molecular weight excluding hydrogens is 396 g/mol. The third-order valence-electron chi connectivity index (χ3n) is 6.19. The summed E-state index contributed by atoms with van der Waals surface area (Å²) in [5, 5.41) is 4.12. The van der Waals surface area contributed by atoms with E-state index in [1.807, 2.05) is 24.3 Å². The molecule has 4 rings (SSSR count). The second-order valence-electron chi connectivity index (χ2n) is 9.35. The molecule has 30 heavy (non-hydrogen) atoms. The lowest BCUT2D eigenvalue weighted by molar-refractivity contribution is -0.127. The van der Waals surface area contributed by atoms with Crippen LogP contribution in [0.1, 0.15) is 55.8 Å². The van der Waals surface area contributed by atoms with Crippen molar-refractivity contribution in [1.82, 2.24) is 10.2 Å². The summed E-state index contributed by atoms with van der Waals surface area (Å²) in [4.78, 5) is 15.5. The van der Waals surface area contributed by atoms with E-state index in [4.69, 9.17) is 16.3 Å². The fraction of sp³-hybridized carbons (Fsp3) is 0.480.